The second-order valence-corrected chi connectivity index (χ2v) is 2.61. The van der Waals surface area contributed by atoms with Gasteiger partial charge in [-0.2, -0.15) is 0 Å². The van der Waals surface area contributed by atoms with E-state index in [1.165, 1.54) is 0 Å². The molecule has 0 saturated carbocycles. The largest absolute Gasteiger partial charge is 0.359 e. The monoisotopic (exact) mass is 181 g/mol. The molecule has 0 aromatic rings. The van der Waals surface area contributed by atoms with Crippen LogP contribution < -0.4 is 5.32 Å². The molecule has 0 aromatic carbocycles. The molecule has 0 heterocycles. The molecule has 2 heteroatoms. The highest BCUT2D eigenvalue weighted by molar-refractivity contribution is 5.78. The third-order valence-electron chi connectivity index (χ3n) is 1.72. The van der Waals surface area contributed by atoms with Crippen LogP contribution in [0.1, 0.15) is 33.1 Å². The van der Waals surface area contributed by atoms with Crippen molar-refractivity contribution in [3.05, 3.63) is 23.8 Å². The highest BCUT2D eigenvalue weighted by Gasteiger charge is 2.02. The molecule has 74 valence electrons. The first-order valence-corrected chi connectivity index (χ1v) is 4.89. The number of amides is 1. The van der Waals surface area contributed by atoms with Crippen molar-refractivity contribution in [1.29, 1.82) is 0 Å². The van der Waals surface area contributed by atoms with Gasteiger partial charge in [-0.25, -0.2) is 0 Å². The van der Waals surface area contributed by atoms with E-state index in [1.807, 2.05) is 19.9 Å². The molecule has 0 aromatic heterocycles. The second kappa shape index (κ2) is 7.59. The molecule has 1 aliphatic carbocycles. The van der Waals surface area contributed by atoms with Crippen LogP contribution in [0.3, 0.4) is 0 Å². The van der Waals surface area contributed by atoms with Crippen LogP contribution in [0, 0.1) is 0 Å². The Bertz CT molecular complexity index is 204. The minimum atomic E-state index is 0.0859. The van der Waals surface area contributed by atoms with Crippen LogP contribution in [0.4, 0.5) is 0 Å². The molecular weight excluding hydrogens is 162 g/mol. The van der Waals surface area contributed by atoms with Crippen molar-refractivity contribution in [2.24, 2.45) is 0 Å². The summed E-state index contributed by atoms with van der Waals surface area (Å²) in [4.78, 5) is 10.9. The van der Waals surface area contributed by atoms with Crippen LogP contribution in [-0.2, 0) is 4.79 Å². The van der Waals surface area contributed by atoms with Crippen LogP contribution in [0.5, 0.6) is 0 Å². The maximum atomic E-state index is 10.9. The fraction of sp³-hybridized carbons (Fsp3) is 0.545. The van der Waals surface area contributed by atoms with Gasteiger partial charge in [0, 0.05) is 7.05 Å². The van der Waals surface area contributed by atoms with Crippen molar-refractivity contribution in [1.82, 2.24) is 5.32 Å². The van der Waals surface area contributed by atoms with Crippen LogP contribution in [-0.4, -0.2) is 13.0 Å². The lowest BCUT2D eigenvalue weighted by molar-refractivity contribution is -0.119. The molecule has 1 amide bonds. The Morgan fingerprint density at radius 3 is 2.62 bits per heavy atom. The minimum Gasteiger partial charge on any atom is -0.359 e. The number of allylic oxidation sites excluding steroid dienone is 3. The SMILES string of the molecule is CC.CNC(=O)CC1=CCCC=C1. The maximum absolute atomic E-state index is 10.9. The van der Waals surface area contributed by atoms with Gasteiger partial charge in [0.25, 0.3) is 0 Å². The Kier molecular flexibility index (Phi) is 6.98. The van der Waals surface area contributed by atoms with E-state index in [2.05, 4.69) is 17.5 Å². The van der Waals surface area contributed by atoms with Crippen LogP contribution >= 0.6 is 0 Å². The van der Waals surface area contributed by atoms with E-state index in [1.54, 1.807) is 7.05 Å². The summed E-state index contributed by atoms with van der Waals surface area (Å²) in [6, 6.07) is 0. The molecule has 1 aliphatic rings. The van der Waals surface area contributed by atoms with Crippen LogP contribution in [0.2, 0.25) is 0 Å². The number of carbonyl (C=O) groups excluding carboxylic acids is 1. The predicted molar refractivity (Wildman–Crippen MR) is 56.5 cm³/mol. The summed E-state index contributed by atoms with van der Waals surface area (Å²) < 4.78 is 0. The summed E-state index contributed by atoms with van der Waals surface area (Å²) in [5, 5.41) is 2.60. The molecule has 0 aliphatic heterocycles. The first-order chi connectivity index (χ1) is 6.33. The molecule has 0 unspecified atom stereocenters. The van der Waals surface area contributed by atoms with Crippen LogP contribution in [0.25, 0.3) is 0 Å². The van der Waals surface area contributed by atoms with E-state index in [-0.39, 0.29) is 5.91 Å². The normalized spacial score (nSPS) is 13.9. The van der Waals surface area contributed by atoms with Gasteiger partial charge in [0.15, 0.2) is 0 Å². The standard InChI is InChI=1S/C9H13NO.C2H6/c1-10-9(11)7-8-5-3-2-4-6-8;1-2/h3,5-6H,2,4,7H2,1H3,(H,10,11);1-2H3. The molecule has 0 atom stereocenters. The lowest BCUT2D eigenvalue weighted by Gasteiger charge is -2.04. The van der Waals surface area contributed by atoms with Crippen molar-refractivity contribution in [3.63, 3.8) is 0 Å². The first kappa shape index (κ1) is 11.9. The number of hydrogen-bond donors (Lipinski definition) is 1. The lowest BCUT2D eigenvalue weighted by Crippen LogP contribution is -2.17. The average Bonchev–Trinajstić information content (AvgIpc) is 2.22. The van der Waals surface area contributed by atoms with E-state index in [9.17, 15) is 4.79 Å². The van der Waals surface area contributed by atoms with E-state index < -0.39 is 0 Å². The van der Waals surface area contributed by atoms with E-state index in [0.29, 0.717) is 6.42 Å². The predicted octanol–water partition coefficient (Wildman–Crippen LogP) is 2.43. The zero-order valence-electron chi connectivity index (χ0n) is 8.76. The summed E-state index contributed by atoms with van der Waals surface area (Å²) in [5.41, 5.74) is 1.13. The fourth-order valence-corrected chi connectivity index (χ4v) is 1.07. The topological polar surface area (TPSA) is 29.1 Å². The second-order valence-electron chi connectivity index (χ2n) is 2.61. The van der Waals surface area contributed by atoms with Gasteiger partial charge in [0.05, 0.1) is 6.42 Å². The molecule has 1 N–H and O–H groups in total. The van der Waals surface area contributed by atoms with Crippen LogP contribution in [0.15, 0.2) is 23.8 Å². The summed E-state index contributed by atoms with van der Waals surface area (Å²) in [6.07, 6.45) is 8.96. The van der Waals surface area contributed by atoms with E-state index >= 15 is 0 Å². The van der Waals surface area contributed by atoms with Gasteiger partial charge in [-0.3, -0.25) is 4.79 Å². The fourth-order valence-electron chi connectivity index (χ4n) is 1.07. The number of hydrogen-bond acceptors (Lipinski definition) is 1. The maximum Gasteiger partial charge on any atom is 0.224 e. The highest BCUT2D eigenvalue weighted by Crippen LogP contribution is 2.12. The van der Waals surface area contributed by atoms with E-state index in [4.69, 9.17) is 0 Å². The number of carbonyl (C=O) groups is 1. The van der Waals surface area contributed by atoms with E-state index in [0.717, 1.165) is 18.4 Å². The molecule has 13 heavy (non-hydrogen) atoms. The van der Waals surface area contributed by atoms with Gasteiger partial charge in [-0.05, 0) is 18.4 Å². The third-order valence-corrected chi connectivity index (χ3v) is 1.72. The van der Waals surface area contributed by atoms with Gasteiger partial charge in [0.1, 0.15) is 0 Å². The van der Waals surface area contributed by atoms with Gasteiger partial charge in [-0.15, -0.1) is 0 Å². The molecule has 0 spiro atoms. The summed E-state index contributed by atoms with van der Waals surface area (Å²) >= 11 is 0. The smallest absolute Gasteiger partial charge is 0.224 e. The molecule has 0 fully saturated rings. The van der Waals surface area contributed by atoms with Crippen molar-refractivity contribution < 1.29 is 4.79 Å². The first-order valence-electron chi connectivity index (χ1n) is 4.89. The molecular formula is C11H19NO. The molecule has 0 saturated heterocycles. The van der Waals surface area contributed by atoms with Crippen molar-refractivity contribution in [2.45, 2.75) is 33.1 Å². The summed E-state index contributed by atoms with van der Waals surface area (Å²) in [5.74, 6) is 0.0859. The van der Waals surface area contributed by atoms with Gasteiger partial charge in [0.2, 0.25) is 5.91 Å². The number of nitrogens with one attached hydrogen (secondary N) is 1. The molecule has 0 radical (unpaired) electrons. The molecule has 2 nitrogen and oxygen atoms in total. The van der Waals surface area contributed by atoms with Gasteiger partial charge in [-0.1, -0.05) is 32.1 Å². The Morgan fingerprint density at radius 2 is 2.15 bits per heavy atom. The Morgan fingerprint density at radius 1 is 1.46 bits per heavy atom. The third kappa shape index (κ3) is 5.23. The number of rotatable bonds is 2. The Labute approximate surface area is 80.7 Å². The summed E-state index contributed by atoms with van der Waals surface area (Å²) in [7, 11) is 1.66. The highest BCUT2D eigenvalue weighted by atomic mass is 16.1. The minimum absolute atomic E-state index is 0.0859. The Hall–Kier alpha value is -1.05. The Balaban J connectivity index is 0.000000671. The van der Waals surface area contributed by atoms with Crippen molar-refractivity contribution in [3.8, 4) is 0 Å². The van der Waals surface area contributed by atoms with Crippen molar-refractivity contribution in [2.75, 3.05) is 7.05 Å². The molecule has 1 rings (SSSR count). The summed E-state index contributed by atoms with van der Waals surface area (Å²) in [6.45, 7) is 4.00. The van der Waals surface area contributed by atoms with Gasteiger partial charge >= 0.3 is 0 Å². The quantitative estimate of drug-likeness (QED) is 0.696. The lowest BCUT2D eigenvalue weighted by atomic mass is 10.0. The van der Waals surface area contributed by atoms with Crippen molar-refractivity contribution >= 4 is 5.91 Å². The average molecular weight is 181 g/mol. The molecule has 0 bridgehead atoms. The van der Waals surface area contributed by atoms with Gasteiger partial charge < -0.3 is 5.32 Å². The zero-order valence-corrected chi connectivity index (χ0v) is 8.76. The zero-order chi connectivity index (χ0) is 10.1.